The number of carbonyl (C=O) groups is 1. The number of Topliss-reactive ketones (excluding diaryl/α,β-unsaturated/α-hetero) is 1. The van der Waals surface area contributed by atoms with Gasteiger partial charge in [0.15, 0.2) is 5.75 Å². The molecule has 2 rings (SSSR count). The predicted molar refractivity (Wildman–Crippen MR) is 114 cm³/mol. The van der Waals surface area contributed by atoms with Crippen molar-refractivity contribution in [2.45, 2.75) is 13.3 Å². The maximum atomic E-state index is 11.7. The highest BCUT2D eigenvalue weighted by molar-refractivity contribution is 6.55. The Bertz CT molecular complexity index is 936. The van der Waals surface area contributed by atoms with E-state index in [4.69, 9.17) is 73.0 Å². The van der Waals surface area contributed by atoms with Crippen molar-refractivity contribution in [1.82, 2.24) is 0 Å². The van der Waals surface area contributed by atoms with Crippen LogP contribution in [0.5, 0.6) is 11.5 Å². The van der Waals surface area contributed by atoms with Gasteiger partial charge in [0.25, 0.3) is 5.78 Å². The summed E-state index contributed by atoms with van der Waals surface area (Å²) in [6.45, 7) is 2.39. The molecular weight excluding hydrogens is 469 g/mol. The Morgan fingerprint density at radius 2 is 1.61 bits per heavy atom. The van der Waals surface area contributed by atoms with Crippen LogP contribution in [0.1, 0.15) is 23.8 Å². The standard InChI is InChI=1S/C18H13Cl5N2O3.H2/c1-9-7-10(11(26)8-25-24)3-4-12(9)27-5-2-6-28-18-16(22)14(20)13(19)15(21)17(18)23;/h3-4,7-8H,2,5-6H2,1H3;1H. The Morgan fingerprint density at radius 3 is 2.18 bits per heavy atom. The highest BCUT2D eigenvalue weighted by Gasteiger charge is 2.20. The third-order valence-corrected chi connectivity index (χ3v) is 5.84. The second-order valence-electron chi connectivity index (χ2n) is 5.54. The number of ketones is 1. The normalized spacial score (nSPS) is 10.4. The molecule has 0 aliphatic heterocycles. The Labute approximate surface area is 188 Å². The lowest BCUT2D eigenvalue weighted by molar-refractivity contribution is 0.00234. The third-order valence-electron chi connectivity index (χ3n) is 3.60. The van der Waals surface area contributed by atoms with E-state index in [0.717, 1.165) is 11.8 Å². The van der Waals surface area contributed by atoms with Crippen LogP contribution in [0, 0.1) is 6.92 Å². The van der Waals surface area contributed by atoms with Crippen LogP contribution in [0.2, 0.25) is 25.1 Å². The average molecular weight is 485 g/mol. The lowest BCUT2D eigenvalue weighted by atomic mass is 10.1. The molecular formula is C18H15Cl5N2O3. The lowest BCUT2D eigenvalue weighted by Gasteiger charge is -2.14. The molecule has 0 N–H and O–H groups in total. The van der Waals surface area contributed by atoms with Gasteiger partial charge in [-0.3, -0.25) is 4.79 Å². The second kappa shape index (κ2) is 10.4. The zero-order valence-electron chi connectivity index (χ0n) is 14.4. The molecule has 0 aromatic heterocycles. The minimum absolute atomic E-state index is 0. The van der Waals surface area contributed by atoms with Crippen LogP contribution >= 0.6 is 58.0 Å². The molecule has 5 nitrogen and oxygen atoms in total. The van der Waals surface area contributed by atoms with Crippen molar-refractivity contribution in [2.24, 2.45) is 0 Å². The first kappa shape index (κ1) is 22.8. The number of hydrogen-bond acceptors (Lipinski definition) is 3. The van der Waals surface area contributed by atoms with Crippen LogP contribution in [-0.2, 0) is 0 Å². The molecule has 0 radical (unpaired) electrons. The molecule has 10 heteroatoms. The summed E-state index contributed by atoms with van der Waals surface area (Å²) >= 11 is 30.1. The van der Waals surface area contributed by atoms with Crippen LogP contribution in [0.25, 0.3) is 5.53 Å². The SMILES string of the molecule is Cc1cc(C(=O)C=[N+]=[N-])ccc1OCCCOc1c(Cl)c(Cl)c(Cl)c(Cl)c1Cl.[HH]. The summed E-state index contributed by atoms with van der Waals surface area (Å²) in [4.78, 5) is 14.4. The molecule has 0 atom stereocenters. The summed E-state index contributed by atoms with van der Waals surface area (Å²) in [6.07, 6.45) is 1.35. The van der Waals surface area contributed by atoms with E-state index < -0.39 is 5.78 Å². The Balaban J connectivity index is 0.00000420. The summed E-state index contributed by atoms with van der Waals surface area (Å²) in [5, 5.41) is 0.381. The number of rotatable bonds is 8. The molecule has 0 saturated carbocycles. The maximum Gasteiger partial charge on any atom is 0.328 e. The topological polar surface area (TPSA) is 71.9 Å². The van der Waals surface area contributed by atoms with E-state index in [1.807, 2.05) is 0 Å². The number of carbonyl (C=O) groups excluding carboxylic acids is 1. The van der Waals surface area contributed by atoms with Crippen LogP contribution in [-0.4, -0.2) is 30.0 Å². The van der Waals surface area contributed by atoms with E-state index >= 15 is 0 Å². The number of hydrogen-bond donors (Lipinski definition) is 0. The zero-order chi connectivity index (χ0) is 20.8. The quantitative estimate of drug-likeness (QED) is 0.0783. The molecule has 28 heavy (non-hydrogen) atoms. The highest BCUT2D eigenvalue weighted by Crippen LogP contribution is 2.48. The summed E-state index contributed by atoms with van der Waals surface area (Å²) in [6, 6.07) is 4.90. The zero-order valence-corrected chi connectivity index (χ0v) is 18.2. The first-order valence-electron chi connectivity index (χ1n) is 7.87. The van der Waals surface area contributed by atoms with Crippen molar-refractivity contribution in [3.05, 3.63) is 60.0 Å². The lowest BCUT2D eigenvalue weighted by Crippen LogP contribution is -2.07. The highest BCUT2D eigenvalue weighted by atomic mass is 35.5. The fourth-order valence-electron chi connectivity index (χ4n) is 2.22. The molecule has 150 valence electrons. The third kappa shape index (κ3) is 5.32. The van der Waals surface area contributed by atoms with Crippen LogP contribution in [0.15, 0.2) is 18.2 Å². The number of halogens is 5. The van der Waals surface area contributed by atoms with Crippen molar-refractivity contribution in [3.63, 3.8) is 0 Å². The smallest absolute Gasteiger partial charge is 0.328 e. The Morgan fingerprint density at radius 1 is 1.04 bits per heavy atom. The van der Waals surface area contributed by atoms with E-state index in [-0.39, 0.29) is 38.9 Å². The van der Waals surface area contributed by atoms with Gasteiger partial charge in [0.2, 0.25) is 0 Å². The van der Waals surface area contributed by atoms with Crippen LogP contribution in [0.4, 0.5) is 0 Å². The van der Waals surface area contributed by atoms with Gasteiger partial charge in [-0.05, 0) is 30.7 Å². The van der Waals surface area contributed by atoms with Gasteiger partial charge in [-0.1, -0.05) is 58.0 Å². The van der Waals surface area contributed by atoms with Crippen molar-refractivity contribution >= 4 is 70.0 Å². The predicted octanol–water partition coefficient (Wildman–Crippen LogP) is 6.84. The summed E-state index contributed by atoms with van der Waals surface area (Å²) < 4.78 is 11.3. The molecule has 2 aromatic rings. The first-order chi connectivity index (χ1) is 13.3. The van der Waals surface area contributed by atoms with E-state index in [2.05, 4.69) is 4.79 Å². The van der Waals surface area contributed by atoms with Gasteiger partial charge in [0.1, 0.15) is 15.8 Å². The molecule has 2 aromatic carbocycles. The summed E-state index contributed by atoms with van der Waals surface area (Å²) in [7, 11) is 0. The van der Waals surface area contributed by atoms with Gasteiger partial charge in [0, 0.05) is 13.4 Å². The molecule has 0 aliphatic rings. The molecule has 0 spiro atoms. The van der Waals surface area contributed by atoms with Crippen molar-refractivity contribution in [1.29, 1.82) is 0 Å². The van der Waals surface area contributed by atoms with E-state index in [1.54, 1.807) is 25.1 Å². The monoisotopic (exact) mass is 482 g/mol. The van der Waals surface area contributed by atoms with Crippen molar-refractivity contribution < 1.29 is 20.5 Å². The maximum absolute atomic E-state index is 11.7. The molecule has 0 aliphatic carbocycles. The molecule has 0 saturated heterocycles. The van der Waals surface area contributed by atoms with Crippen LogP contribution < -0.4 is 9.47 Å². The molecule has 0 amide bonds. The van der Waals surface area contributed by atoms with Crippen molar-refractivity contribution in [3.8, 4) is 11.5 Å². The van der Waals surface area contributed by atoms with Gasteiger partial charge in [-0.15, -0.1) is 0 Å². The first-order valence-corrected chi connectivity index (χ1v) is 9.76. The fourth-order valence-corrected chi connectivity index (χ4v) is 3.45. The van der Waals surface area contributed by atoms with Gasteiger partial charge < -0.3 is 15.0 Å². The molecule has 0 bridgehead atoms. The Hall–Kier alpha value is -1.46. The number of benzene rings is 2. The fraction of sp³-hybridized carbons (Fsp3) is 0.222. The largest absolute Gasteiger partial charge is 0.493 e. The minimum Gasteiger partial charge on any atom is -0.493 e. The van der Waals surface area contributed by atoms with Gasteiger partial charge in [-0.2, -0.15) is 4.79 Å². The van der Waals surface area contributed by atoms with Gasteiger partial charge in [-0.25, -0.2) is 0 Å². The average Bonchev–Trinajstić information content (AvgIpc) is 2.68. The van der Waals surface area contributed by atoms with Gasteiger partial charge in [0.05, 0.1) is 28.3 Å². The summed E-state index contributed by atoms with van der Waals surface area (Å²) in [5.41, 5.74) is 9.58. The van der Waals surface area contributed by atoms with E-state index in [9.17, 15) is 4.79 Å². The number of ether oxygens (including phenoxy) is 2. The van der Waals surface area contributed by atoms with E-state index in [0.29, 0.717) is 24.3 Å². The molecule has 0 heterocycles. The summed E-state index contributed by atoms with van der Waals surface area (Å²) in [5.74, 6) is 0.373. The number of aryl methyl sites for hydroxylation is 1. The molecule has 0 fully saturated rings. The minimum atomic E-state index is -0.403. The van der Waals surface area contributed by atoms with Crippen LogP contribution in [0.3, 0.4) is 0 Å². The van der Waals surface area contributed by atoms with Crippen molar-refractivity contribution in [2.75, 3.05) is 13.2 Å². The molecule has 0 unspecified atom stereocenters. The second-order valence-corrected chi connectivity index (χ2v) is 7.43. The van der Waals surface area contributed by atoms with Gasteiger partial charge >= 0.3 is 6.21 Å². The number of nitrogens with zero attached hydrogens (tertiary/aromatic N) is 2. The van der Waals surface area contributed by atoms with E-state index in [1.165, 1.54) is 0 Å². The Kier molecular flexibility index (Phi) is 8.44.